The standard InChI is InChI=1S/C10H18O9/c11-5-7(13)9(15)18-3-1-17-2-4-19-10(16)8(14)6-12/h7-8,11-14H,1-6H2. The summed E-state index contributed by atoms with van der Waals surface area (Å²) in [6, 6.07) is 0. The van der Waals surface area contributed by atoms with E-state index in [4.69, 9.17) is 25.2 Å². The zero-order chi connectivity index (χ0) is 14.7. The van der Waals surface area contributed by atoms with Crippen molar-refractivity contribution in [1.29, 1.82) is 0 Å². The van der Waals surface area contributed by atoms with Gasteiger partial charge in [0.1, 0.15) is 13.2 Å². The molecule has 0 saturated carbocycles. The lowest BCUT2D eigenvalue weighted by Crippen LogP contribution is -2.28. The van der Waals surface area contributed by atoms with Gasteiger partial charge in [-0.1, -0.05) is 0 Å². The maximum Gasteiger partial charge on any atom is 0.337 e. The molecule has 0 aliphatic carbocycles. The molecule has 0 amide bonds. The smallest absolute Gasteiger partial charge is 0.337 e. The van der Waals surface area contributed by atoms with Crippen LogP contribution in [0.2, 0.25) is 0 Å². The first-order valence-electron chi connectivity index (χ1n) is 5.51. The summed E-state index contributed by atoms with van der Waals surface area (Å²) in [5, 5.41) is 34.5. The number of esters is 2. The van der Waals surface area contributed by atoms with E-state index in [2.05, 4.69) is 9.47 Å². The molecule has 0 bridgehead atoms. The highest BCUT2D eigenvalue weighted by molar-refractivity contribution is 5.74. The summed E-state index contributed by atoms with van der Waals surface area (Å²) in [7, 11) is 0. The first-order chi connectivity index (χ1) is 9.02. The van der Waals surface area contributed by atoms with Crippen molar-refractivity contribution in [3.63, 3.8) is 0 Å². The van der Waals surface area contributed by atoms with Gasteiger partial charge in [-0.2, -0.15) is 0 Å². The molecule has 112 valence electrons. The molecular weight excluding hydrogens is 264 g/mol. The molecule has 0 aliphatic heterocycles. The lowest BCUT2D eigenvalue weighted by Gasteiger charge is -2.10. The third kappa shape index (κ3) is 8.46. The Hall–Kier alpha value is -1.26. The second kappa shape index (κ2) is 10.6. The van der Waals surface area contributed by atoms with Crippen LogP contribution in [0.4, 0.5) is 0 Å². The SMILES string of the molecule is O=C(OCCOCCOC(=O)C(O)CO)C(O)CO. The molecule has 9 nitrogen and oxygen atoms in total. The minimum atomic E-state index is -1.57. The quantitative estimate of drug-likeness (QED) is 0.240. The van der Waals surface area contributed by atoms with Gasteiger partial charge < -0.3 is 34.6 Å². The van der Waals surface area contributed by atoms with Crippen molar-refractivity contribution in [2.45, 2.75) is 12.2 Å². The lowest BCUT2D eigenvalue weighted by molar-refractivity contribution is -0.158. The van der Waals surface area contributed by atoms with Gasteiger partial charge in [0.25, 0.3) is 0 Å². The van der Waals surface area contributed by atoms with Gasteiger partial charge in [-0.15, -0.1) is 0 Å². The number of ether oxygens (including phenoxy) is 3. The van der Waals surface area contributed by atoms with E-state index in [-0.39, 0.29) is 26.4 Å². The van der Waals surface area contributed by atoms with Crippen LogP contribution < -0.4 is 0 Å². The summed E-state index contributed by atoms with van der Waals surface area (Å²) in [4.78, 5) is 21.7. The monoisotopic (exact) mass is 282 g/mol. The van der Waals surface area contributed by atoms with E-state index in [1.807, 2.05) is 0 Å². The lowest BCUT2D eigenvalue weighted by atomic mass is 10.4. The van der Waals surface area contributed by atoms with Gasteiger partial charge in [0.05, 0.1) is 26.4 Å². The average molecular weight is 282 g/mol. The first kappa shape index (κ1) is 17.7. The highest BCUT2D eigenvalue weighted by Gasteiger charge is 2.15. The minimum Gasteiger partial charge on any atom is -0.461 e. The van der Waals surface area contributed by atoms with Gasteiger partial charge in [0, 0.05) is 0 Å². The molecule has 0 heterocycles. The Bertz CT molecular complexity index is 242. The zero-order valence-corrected chi connectivity index (χ0v) is 10.2. The second-order valence-corrected chi connectivity index (χ2v) is 3.34. The van der Waals surface area contributed by atoms with Crippen molar-refractivity contribution in [2.24, 2.45) is 0 Å². The van der Waals surface area contributed by atoms with Crippen molar-refractivity contribution < 1.29 is 44.2 Å². The molecule has 0 aromatic carbocycles. The van der Waals surface area contributed by atoms with Crippen LogP contribution in [-0.4, -0.2) is 84.2 Å². The fraction of sp³-hybridized carbons (Fsp3) is 0.800. The fourth-order valence-electron chi connectivity index (χ4n) is 0.846. The maximum atomic E-state index is 10.9. The number of hydrogen-bond acceptors (Lipinski definition) is 9. The van der Waals surface area contributed by atoms with Crippen molar-refractivity contribution in [3.05, 3.63) is 0 Å². The Labute approximate surface area is 109 Å². The molecule has 0 rings (SSSR count). The average Bonchev–Trinajstić information content (AvgIpc) is 2.43. The topological polar surface area (TPSA) is 143 Å². The summed E-state index contributed by atoms with van der Waals surface area (Å²) >= 11 is 0. The molecule has 0 saturated heterocycles. The number of aliphatic hydroxyl groups excluding tert-OH is 4. The van der Waals surface area contributed by atoms with Crippen LogP contribution in [0.15, 0.2) is 0 Å². The summed E-state index contributed by atoms with van der Waals surface area (Å²) in [5.74, 6) is -1.91. The molecule has 2 unspecified atom stereocenters. The maximum absolute atomic E-state index is 10.9. The molecule has 9 heteroatoms. The highest BCUT2D eigenvalue weighted by atomic mass is 16.6. The third-order valence-electron chi connectivity index (χ3n) is 1.83. The fourth-order valence-corrected chi connectivity index (χ4v) is 0.846. The first-order valence-corrected chi connectivity index (χ1v) is 5.51. The van der Waals surface area contributed by atoms with E-state index < -0.39 is 37.4 Å². The van der Waals surface area contributed by atoms with Crippen molar-refractivity contribution in [2.75, 3.05) is 39.6 Å². The number of carbonyl (C=O) groups is 2. The van der Waals surface area contributed by atoms with Gasteiger partial charge in [-0.05, 0) is 0 Å². The number of aliphatic hydroxyl groups is 4. The van der Waals surface area contributed by atoms with Crippen LogP contribution in [0.1, 0.15) is 0 Å². The number of rotatable bonds is 10. The van der Waals surface area contributed by atoms with Gasteiger partial charge in [-0.3, -0.25) is 0 Å². The van der Waals surface area contributed by atoms with Crippen LogP contribution in [-0.2, 0) is 23.8 Å². The Morgan fingerprint density at radius 2 is 1.16 bits per heavy atom. The number of hydrogen-bond donors (Lipinski definition) is 4. The Balaban J connectivity index is 3.42. The molecule has 0 fully saturated rings. The molecule has 0 aromatic heterocycles. The van der Waals surface area contributed by atoms with Crippen molar-refractivity contribution in [1.82, 2.24) is 0 Å². The summed E-state index contributed by atoms with van der Waals surface area (Å²) in [6.07, 6.45) is -3.14. The second-order valence-electron chi connectivity index (χ2n) is 3.34. The van der Waals surface area contributed by atoms with Crippen molar-refractivity contribution >= 4 is 11.9 Å². The number of carbonyl (C=O) groups excluding carboxylic acids is 2. The van der Waals surface area contributed by atoms with Crippen LogP contribution in [0.25, 0.3) is 0 Å². The van der Waals surface area contributed by atoms with E-state index >= 15 is 0 Å². The molecule has 0 aliphatic rings. The van der Waals surface area contributed by atoms with Gasteiger partial charge >= 0.3 is 11.9 Å². The predicted molar refractivity (Wildman–Crippen MR) is 58.9 cm³/mol. The highest BCUT2D eigenvalue weighted by Crippen LogP contribution is 1.90. The van der Waals surface area contributed by atoms with Crippen LogP contribution in [0, 0.1) is 0 Å². The molecule has 0 radical (unpaired) electrons. The Morgan fingerprint density at radius 3 is 1.47 bits per heavy atom. The van der Waals surface area contributed by atoms with Crippen LogP contribution in [0.5, 0.6) is 0 Å². The summed E-state index contributed by atoms with van der Waals surface area (Å²) in [5.41, 5.74) is 0. The van der Waals surface area contributed by atoms with E-state index in [1.165, 1.54) is 0 Å². The third-order valence-corrected chi connectivity index (χ3v) is 1.83. The Kier molecular flexibility index (Phi) is 9.94. The molecule has 4 N–H and O–H groups in total. The molecule has 0 spiro atoms. The normalized spacial score (nSPS) is 13.7. The molecule has 2 atom stereocenters. The minimum absolute atomic E-state index is 0.0178. The predicted octanol–water partition coefficient (Wildman–Crippen LogP) is -3.20. The van der Waals surface area contributed by atoms with E-state index in [1.54, 1.807) is 0 Å². The molecule has 0 aromatic rings. The molecular formula is C10H18O9. The zero-order valence-electron chi connectivity index (χ0n) is 10.2. The van der Waals surface area contributed by atoms with Gasteiger partial charge in [0.2, 0.25) is 0 Å². The Morgan fingerprint density at radius 1 is 0.789 bits per heavy atom. The van der Waals surface area contributed by atoms with E-state index in [0.717, 1.165) is 0 Å². The largest absolute Gasteiger partial charge is 0.461 e. The summed E-state index contributed by atoms with van der Waals surface area (Å²) < 4.78 is 14.0. The van der Waals surface area contributed by atoms with E-state index in [9.17, 15) is 9.59 Å². The molecule has 19 heavy (non-hydrogen) atoms. The van der Waals surface area contributed by atoms with E-state index in [0.29, 0.717) is 0 Å². The van der Waals surface area contributed by atoms with Crippen molar-refractivity contribution in [3.8, 4) is 0 Å². The van der Waals surface area contributed by atoms with Gasteiger partial charge in [-0.25, -0.2) is 9.59 Å². The van der Waals surface area contributed by atoms with Gasteiger partial charge in [0.15, 0.2) is 12.2 Å². The summed E-state index contributed by atoms with van der Waals surface area (Å²) in [6.45, 7) is -1.65. The van der Waals surface area contributed by atoms with Crippen LogP contribution in [0.3, 0.4) is 0 Å². The van der Waals surface area contributed by atoms with Crippen LogP contribution >= 0.6 is 0 Å².